The first-order valence-electron chi connectivity index (χ1n) is 7.91. The first-order chi connectivity index (χ1) is 11.1. The lowest BCUT2D eigenvalue weighted by atomic mass is 9.85. The van der Waals surface area contributed by atoms with Gasteiger partial charge in [0.1, 0.15) is 0 Å². The van der Waals surface area contributed by atoms with Gasteiger partial charge < -0.3 is 25.3 Å². The SMILES string of the molecule is COc1cc(CNC(=O)C2CCCC(N)C2)cc(OC)c1OC.Cl. The van der Waals surface area contributed by atoms with Gasteiger partial charge in [0.2, 0.25) is 11.7 Å². The van der Waals surface area contributed by atoms with E-state index in [0.717, 1.165) is 31.2 Å². The van der Waals surface area contributed by atoms with Crippen LogP contribution in [0.4, 0.5) is 0 Å². The summed E-state index contributed by atoms with van der Waals surface area (Å²) in [6, 6.07) is 3.82. The molecule has 1 aliphatic rings. The lowest BCUT2D eigenvalue weighted by Gasteiger charge is -2.25. The quantitative estimate of drug-likeness (QED) is 0.815. The van der Waals surface area contributed by atoms with Crippen LogP contribution >= 0.6 is 12.4 Å². The Morgan fingerprint density at radius 2 is 1.79 bits per heavy atom. The maximum atomic E-state index is 12.3. The number of methoxy groups -OCH3 is 3. The van der Waals surface area contributed by atoms with Crippen molar-refractivity contribution in [2.24, 2.45) is 11.7 Å². The number of ether oxygens (including phenoxy) is 3. The highest BCUT2D eigenvalue weighted by atomic mass is 35.5. The third-order valence-corrected chi connectivity index (χ3v) is 4.28. The topological polar surface area (TPSA) is 82.8 Å². The molecule has 24 heavy (non-hydrogen) atoms. The van der Waals surface area contributed by atoms with Gasteiger partial charge in [-0.15, -0.1) is 12.4 Å². The molecule has 2 unspecified atom stereocenters. The van der Waals surface area contributed by atoms with Crippen LogP contribution in [0.1, 0.15) is 31.2 Å². The molecule has 0 aliphatic heterocycles. The minimum Gasteiger partial charge on any atom is -0.493 e. The van der Waals surface area contributed by atoms with E-state index in [-0.39, 0.29) is 30.3 Å². The highest BCUT2D eigenvalue weighted by Crippen LogP contribution is 2.38. The van der Waals surface area contributed by atoms with Crippen molar-refractivity contribution in [1.82, 2.24) is 5.32 Å². The van der Waals surface area contributed by atoms with Crippen molar-refractivity contribution < 1.29 is 19.0 Å². The van der Waals surface area contributed by atoms with Crippen molar-refractivity contribution in [2.75, 3.05) is 21.3 Å². The van der Waals surface area contributed by atoms with E-state index >= 15 is 0 Å². The molecule has 2 atom stereocenters. The van der Waals surface area contributed by atoms with Crippen molar-refractivity contribution in [1.29, 1.82) is 0 Å². The molecule has 0 saturated heterocycles. The standard InChI is InChI=1S/C17H26N2O4.ClH/c1-21-14-7-11(8-15(22-2)16(14)23-3)10-19-17(20)12-5-4-6-13(18)9-12;/h7-8,12-13H,4-6,9-10,18H2,1-3H3,(H,19,20);1H. The fourth-order valence-electron chi connectivity index (χ4n) is 3.04. The molecule has 1 saturated carbocycles. The zero-order valence-electron chi connectivity index (χ0n) is 14.5. The summed E-state index contributed by atoms with van der Waals surface area (Å²) >= 11 is 0. The predicted molar refractivity (Wildman–Crippen MR) is 95.1 cm³/mol. The van der Waals surface area contributed by atoms with Crippen molar-refractivity contribution in [3.63, 3.8) is 0 Å². The van der Waals surface area contributed by atoms with Crippen molar-refractivity contribution in [3.05, 3.63) is 17.7 Å². The van der Waals surface area contributed by atoms with Crippen LogP contribution in [0.25, 0.3) is 0 Å². The van der Waals surface area contributed by atoms with Gasteiger partial charge in [0.05, 0.1) is 21.3 Å². The summed E-state index contributed by atoms with van der Waals surface area (Å²) in [5, 5.41) is 2.98. The van der Waals surface area contributed by atoms with Crippen molar-refractivity contribution >= 4 is 18.3 Å². The first kappa shape index (κ1) is 20.4. The Labute approximate surface area is 149 Å². The van der Waals surface area contributed by atoms with E-state index in [1.165, 1.54) is 0 Å². The predicted octanol–water partition coefficient (Wildman–Crippen LogP) is 2.27. The first-order valence-corrected chi connectivity index (χ1v) is 7.91. The Balaban J connectivity index is 0.00000288. The van der Waals surface area contributed by atoms with Crippen LogP contribution in [0.15, 0.2) is 12.1 Å². The fourth-order valence-corrected chi connectivity index (χ4v) is 3.04. The smallest absolute Gasteiger partial charge is 0.223 e. The molecule has 136 valence electrons. The van der Waals surface area contributed by atoms with Crippen LogP contribution < -0.4 is 25.3 Å². The van der Waals surface area contributed by atoms with E-state index in [1.54, 1.807) is 21.3 Å². The molecule has 1 amide bonds. The van der Waals surface area contributed by atoms with Gasteiger partial charge in [0.15, 0.2) is 11.5 Å². The van der Waals surface area contributed by atoms with Gasteiger partial charge in [0, 0.05) is 18.5 Å². The maximum absolute atomic E-state index is 12.3. The number of carbonyl (C=O) groups excluding carboxylic acids is 1. The third kappa shape index (κ3) is 4.92. The summed E-state index contributed by atoms with van der Waals surface area (Å²) in [6.45, 7) is 0.418. The molecular formula is C17H27ClN2O4. The molecule has 0 spiro atoms. The molecule has 0 radical (unpaired) electrons. The molecule has 6 nitrogen and oxygen atoms in total. The molecule has 3 N–H and O–H groups in total. The summed E-state index contributed by atoms with van der Waals surface area (Å²) in [4.78, 5) is 12.3. The zero-order valence-corrected chi connectivity index (χ0v) is 15.3. The lowest BCUT2D eigenvalue weighted by molar-refractivity contribution is -0.126. The largest absolute Gasteiger partial charge is 0.493 e. The van der Waals surface area contributed by atoms with Crippen LogP contribution in [-0.4, -0.2) is 33.3 Å². The van der Waals surface area contributed by atoms with E-state index < -0.39 is 0 Å². The molecular weight excluding hydrogens is 332 g/mol. The summed E-state index contributed by atoms with van der Waals surface area (Å²) in [7, 11) is 4.71. The normalized spacial score (nSPS) is 19.8. The van der Waals surface area contributed by atoms with Gasteiger partial charge in [-0.05, 0) is 37.0 Å². The molecule has 1 aromatic rings. The number of amides is 1. The maximum Gasteiger partial charge on any atom is 0.223 e. The number of halogens is 1. The van der Waals surface area contributed by atoms with Gasteiger partial charge in [-0.25, -0.2) is 0 Å². The Hall–Kier alpha value is -1.66. The van der Waals surface area contributed by atoms with Crippen LogP contribution in [0.3, 0.4) is 0 Å². The number of carbonyl (C=O) groups is 1. The minimum atomic E-state index is 0. The Morgan fingerprint density at radius 1 is 1.17 bits per heavy atom. The molecule has 0 aromatic heterocycles. The van der Waals surface area contributed by atoms with Crippen molar-refractivity contribution in [3.8, 4) is 17.2 Å². The molecule has 7 heteroatoms. The van der Waals surface area contributed by atoms with E-state index in [9.17, 15) is 4.79 Å². The molecule has 1 aromatic carbocycles. The summed E-state index contributed by atoms with van der Waals surface area (Å²) < 4.78 is 15.9. The second kappa shape index (κ2) is 9.59. The average Bonchev–Trinajstić information content (AvgIpc) is 2.58. The lowest BCUT2D eigenvalue weighted by Crippen LogP contribution is -2.37. The van der Waals surface area contributed by atoms with E-state index in [4.69, 9.17) is 19.9 Å². The Kier molecular flexibility index (Phi) is 8.15. The number of nitrogens with one attached hydrogen (secondary N) is 1. The second-order valence-electron chi connectivity index (χ2n) is 5.88. The average molecular weight is 359 g/mol. The summed E-state index contributed by atoms with van der Waals surface area (Å²) in [5.41, 5.74) is 6.85. The van der Waals surface area contributed by atoms with Gasteiger partial charge >= 0.3 is 0 Å². The number of nitrogens with two attached hydrogens (primary N) is 1. The highest BCUT2D eigenvalue weighted by Gasteiger charge is 2.25. The molecule has 1 fully saturated rings. The van der Waals surface area contributed by atoms with Gasteiger partial charge in [0.25, 0.3) is 0 Å². The van der Waals surface area contributed by atoms with Crippen LogP contribution in [0, 0.1) is 5.92 Å². The number of hydrogen-bond acceptors (Lipinski definition) is 5. The van der Waals surface area contributed by atoms with Crippen LogP contribution in [0.2, 0.25) is 0 Å². The highest BCUT2D eigenvalue weighted by molar-refractivity contribution is 5.85. The number of benzene rings is 1. The molecule has 2 rings (SSSR count). The fraction of sp³-hybridized carbons (Fsp3) is 0.588. The Morgan fingerprint density at radius 3 is 2.29 bits per heavy atom. The molecule has 0 bridgehead atoms. The van der Waals surface area contributed by atoms with E-state index in [2.05, 4.69) is 5.32 Å². The van der Waals surface area contributed by atoms with Crippen LogP contribution in [-0.2, 0) is 11.3 Å². The second-order valence-corrected chi connectivity index (χ2v) is 5.88. The van der Waals surface area contributed by atoms with Crippen LogP contribution in [0.5, 0.6) is 17.2 Å². The van der Waals surface area contributed by atoms with E-state index in [1.807, 2.05) is 12.1 Å². The molecule has 0 heterocycles. The Bertz CT molecular complexity index is 528. The number of rotatable bonds is 6. The zero-order chi connectivity index (χ0) is 16.8. The summed E-state index contributed by atoms with van der Waals surface area (Å²) in [6.07, 6.45) is 3.70. The summed E-state index contributed by atoms with van der Waals surface area (Å²) in [5.74, 6) is 1.78. The van der Waals surface area contributed by atoms with Gasteiger partial charge in [-0.3, -0.25) is 4.79 Å². The number of hydrogen-bond donors (Lipinski definition) is 2. The minimum absolute atomic E-state index is 0. The van der Waals surface area contributed by atoms with Gasteiger partial charge in [-0.1, -0.05) is 6.42 Å². The molecule has 1 aliphatic carbocycles. The third-order valence-electron chi connectivity index (χ3n) is 4.28. The van der Waals surface area contributed by atoms with Gasteiger partial charge in [-0.2, -0.15) is 0 Å². The van der Waals surface area contributed by atoms with Crippen molar-refractivity contribution in [2.45, 2.75) is 38.3 Å². The van der Waals surface area contributed by atoms with E-state index in [0.29, 0.717) is 23.8 Å². The monoisotopic (exact) mass is 358 g/mol.